The molecule has 1 aliphatic rings. The van der Waals surface area contributed by atoms with E-state index in [1.165, 1.54) is 32.1 Å². The molecule has 0 saturated heterocycles. The molecule has 2 N–H and O–H groups in total. The van der Waals surface area contributed by atoms with Gasteiger partial charge in [-0.15, -0.1) is 0 Å². The first-order chi connectivity index (χ1) is 10.2. The Bertz CT molecular complexity index is 674. The van der Waals surface area contributed by atoms with E-state index in [1.807, 2.05) is 12.1 Å². The monoisotopic (exact) mass is 282 g/mol. The Labute approximate surface area is 125 Å². The fraction of sp³-hybridized carbons (Fsp3) is 0.529. The molecule has 1 atom stereocenters. The molecule has 110 valence electrons. The number of fused-ring (bicyclic) bond motifs is 1. The smallest absolute Gasteiger partial charge is 0.201 e. The summed E-state index contributed by atoms with van der Waals surface area (Å²) in [6.45, 7) is 2.22. The number of benzene rings is 1. The Morgan fingerprint density at radius 2 is 2.14 bits per heavy atom. The fourth-order valence-electron chi connectivity index (χ4n) is 3.78. The minimum absolute atomic E-state index is 0.393. The maximum absolute atomic E-state index is 9.13. The van der Waals surface area contributed by atoms with Crippen molar-refractivity contribution in [3.05, 3.63) is 23.8 Å². The lowest BCUT2D eigenvalue weighted by Gasteiger charge is -2.31. The van der Waals surface area contributed by atoms with Crippen LogP contribution in [0, 0.1) is 17.2 Å². The summed E-state index contributed by atoms with van der Waals surface area (Å²) in [6.07, 6.45) is 7.59. The number of nitriles is 1. The first-order valence-corrected chi connectivity index (χ1v) is 7.92. The molecular formula is C17H22N4. The maximum Gasteiger partial charge on any atom is 0.201 e. The molecule has 1 unspecified atom stereocenters. The zero-order chi connectivity index (χ0) is 14.8. The molecule has 4 heteroatoms. The number of rotatable bonds is 3. The molecule has 0 spiro atoms. The van der Waals surface area contributed by atoms with Gasteiger partial charge in [0.05, 0.1) is 22.7 Å². The summed E-state index contributed by atoms with van der Waals surface area (Å²) < 4.78 is 2.17. The van der Waals surface area contributed by atoms with E-state index in [4.69, 9.17) is 11.0 Å². The summed E-state index contributed by atoms with van der Waals surface area (Å²) in [7, 11) is 0. The molecule has 0 bridgehead atoms. The van der Waals surface area contributed by atoms with Crippen molar-refractivity contribution in [1.82, 2.24) is 9.55 Å². The minimum Gasteiger partial charge on any atom is -0.369 e. The van der Waals surface area contributed by atoms with Crippen LogP contribution in [0.1, 0.15) is 57.1 Å². The third kappa shape index (κ3) is 2.49. The quantitative estimate of drug-likeness (QED) is 0.924. The van der Waals surface area contributed by atoms with Gasteiger partial charge < -0.3 is 10.3 Å². The highest BCUT2D eigenvalue weighted by molar-refractivity contribution is 5.80. The molecule has 1 aromatic carbocycles. The van der Waals surface area contributed by atoms with Crippen LogP contribution in [-0.4, -0.2) is 9.55 Å². The fourth-order valence-corrected chi connectivity index (χ4v) is 3.78. The van der Waals surface area contributed by atoms with Gasteiger partial charge in [-0.1, -0.05) is 26.2 Å². The van der Waals surface area contributed by atoms with Crippen molar-refractivity contribution < 1.29 is 0 Å². The van der Waals surface area contributed by atoms with Gasteiger partial charge >= 0.3 is 0 Å². The Kier molecular flexibility index (Phi) is 3.83. The number of nitrogens with two attached hydrogens (primary N) is 1. The SMILES string of the molecule is CCC(C1CCCCC1)n1c(N)nc2ccc(C#N)cc21. The second kappa shape index (κ2) is 5.77. The highest BCUT2D eigenvalue weighted by Gasteiger charge is 2.26. The van der Waals surface area contributed by atoms with Crippen LogP contribution in [0.15, 0.2) is 18.2 Å². The maximum atomic E-state index is 9.13. The number of nitrogen functional groups attached to an aromatic ring is 1. The van der Waals surface area contributed by atoms with Gasteiger partial charge in [0, 0.05) is 6.04 Å². The highest BCUT2D eigenvalue weighted by Crippen LogP contribution is 2.38. The van der Waals surface area contributed by atoms with Gasteiger partial charge in [0.1, 0.15) is 0 Å². The van der Waals surface area contributed by atoms with Crippen molar-refractivity contribution in [2.24, 2.45) is 5.92 Å². The highest BCUT2D eigenvalue weighted by atomic mass is 15.2. The van der Waals surface area contributed by atoms with E-state index in [9.17, 15) is 0 Å². The number of aromatic nitrogens is 2. The zero-order valence-electron chi connectivity index (χ0n) is 12.5. The predicted molar refractivity (Wildman–Crippen MR) is 84.8 cm³/mol. The predicted octanol–water partition coefficient (Wildman–Crippen LogP) is 4.02. The average molecular weight is 282 g/mol. The van der Waals surface area contributed by atoms with Crippen molar-refractivity contribution in [3.63, 3.8) is 0 Å². The molecule has 1 aliphatic carbocycles. The Morgan fingerprint density at radius 1 is 1.38 bits per heavy atom. The van der Waals surface area contributed by atoms with Crippen molar-refractivity contribution in [2.75, 3.05) is 5.73 Å². The largest absolute Gasteiger partial charge is 0.369 e. The molecule has 4 nitrogen and oxygen atoms in total. The number of nitrogens with zero attached hydrogens (tertiary/aromatic N) is 3. The summed E-state index contributed by atoms with van der Waals surface area (Å²) >= 11 is 0. The van der Waals surface area contributed by atoms with Gasteiger partial charge in [0.2, 0.25) is 5.95 Å². The van der Waals surface area contributed by atoms with Crippen LogP contribution in [0.2, 0.25) is 0 Å². The molecule has 1 heterocycles. The molecule has 0 aliphatic heterocycles. The lowest BCUT2D eigenvalue weighted by molar-refractivity contribution is 0.249. The van der Waals surface area contributed by atoms with Crippen molar-refractivity contribution in [2.45, 2.75) is 51.5 Å². The van der Waals surface area contributed by atoms with E-state index in [-0.39, 0.29) is 0 Å². The van der Waals surface area contributed by atoms with E-state index in [2.05, 4.69) is 22.5 Å². The van der Waals surface area contributed by atoms with Crippen LogP contribution in [0.4, 0.5) is 5.95 Å². The first kappa shape index (κ1) is 13.9. The molecule has 1 saturated carbocycles. The van der Waals surface area contributed by atoms with Crippen LogP contribution in [0.5, 0.6) is 0 Å². The first-order valence-electron chi connectivity index (χ1n) is 7.92. The second-order valence-electron chi connectivity index (χ2n) is 6.03. The van der Waals surface area contributed by atoms with Crippen molar-refractivity contribution in [1.29, 1.82) is 5.26 Å². The van der Waals surface area contributed by atoms with Crippen molar-refractivity contribution in [3.8, 4) is 6.07 Å². The second-order valence-corrected chi connectivity index (χ2v) is 6.03. The van der Waals surface area contributed by atoms with Crippen LogP contribution in [0.25, 0.3) is 11.0 Å². The van der Waals surface area contributed by atoms with Gasteiger partial charge in [-0.05, 0) is 43.4 Å². The van der Waals surface area contributed by atoms with E-state index in [0.717, 1.165) is 17.5 Å². The normalized spacial score (nSPS) is 17.7. The number of imidazole rings is 1. The van der Waals surface area contributed by atoms with Gasteiger partial charge in [0.25, 0.3) is 0 Å². The number of anilines is 1. The molecule has 21 heavy (non-hydrogen) atoms. The third-order valence-corrected chi connectivity index (χ3v) is 4.79. The van der Waals surface area contributed by atoms with Gasteiger partial charge in [-0.3, -0.25) is 0 Å². The Hall–Kier alpha value is -2.02. The summed E-state index contributed by atoms with van der Waals surface area (Å²) in [6, 6.07) is 8.23. The lowest BCUT2D eigenvalue weighted by Crippen LogP contribution is -2.22. The number of hydrogen-bond acceptors (Lipinski definition) is 3. The van der Waals surface area contributed by atoms with E-state index < -0.39 is 0 Å². The molecule has 0 radical (unpaired) electrons. The van der Waals surface area contributed by atoms with Crippen LogP contribution >= 0.6 is 0 Å². The third-order valence-electron chi connectivity index (χ3n) is 4.79. The molecule has 1 aromatic heterocycles. The standard InChI is InChI=1S/C17H22N4/c1-2-15(13-6-4-3-5-7-13)21-16-10-12(11-18)8-9-14(16)20-17(21)19/h8-10,13,15H,2-7H2,1H3,(H2,19,20). The van der Waals surface area contributed by atoms with Gasteiger partial charge in [0.15, 0.2) is 0 Å². The van der Waals surface area contributed by atoms with Gasteiger partial charge in [-0.25, -0.2) is 4.98 Å². The molecule has 3 rings (SSSR count). The van der Waals surface area contributed by atoms with Gasteiger partial charge in [-0.2, -0.15) is 5.26 Å². The Morgan fingerprint density at radius 3 is 2.81 bits per heavy atom. The molecular weight excluding hydrogens is 260 g/mol. The lowest BCUT2D eigenvalue weighted by atomic mass is 9.82. The van der Waals surface area contributed by atoms with E-state index >= 15 is 0 Å². The zero-order valence-corrected chi connectivity index (χ0v) is 12.5. The topological polar surface area (TPSA) is 67.6 Å². The number of hydrogen-bond donors (Lipinski definition) is 1. The average Bonchev–Trinajstić information content (AvgIpc) is 2.85. The summed E-state index contributed by atoms with van der Waals surface area (Å²) in [5.74, 6) is 1.26. The van der Waals surface area contributed by atoms with Crippen LogP contribution < -0.4 is 5.73 Å². The van der Waals surface area contributed by atoms with Crippen molar-refractivity contribution >= 4 is 17.0 Å². The van der Waals surface area contributed by atoms with Crippen LogP contribution in [0.3, 0.4) is 0 Å². The summed E-state index contributed by atoms with van der Waals surface area (Å²) in [5.41, 5.74) is 8.76. The van der Waals surface area contributed by atoms with E-state index in [1.54, 1.807) is 6.07 Å². The summed E-state index contributed by atoms with van der Waals surface area (Å²) in [5, 5.41) is 9.13. The molecule has 2 aromatic rings. The molecule has 0 amide bonds. The molecule has 1 fully saturated rings. The Balaban J connectivity index is 2.08. The van der Waals surface area contributed by atoms with Crippen LogP contribution in [-0.2, 0) is 0 Å². The minimum atomic E-state index is 0.393. The van der Waals surface area contributed by atoms with E-state index in [0.29, 0.717) is 23.5 Å². The summed E-state index contributed by atoms with van der Waals surface area (Å²) in [4.78, 5) is 4.48.